The Labute approximate surface area is 161 Å². The number of anilines is 2. The van der Waals surface area contributed by atoms with E-state index in [1.165, 1.54) is 26.5 Å². The number of nitro benzene ring substituents is 1. The summed E-state index contributed by atoms with van der Waals surface area (Å²) in [7, 11) is 2.75. The van der Waals surface area contributed by atoms with Crippen LogP contribution in [0.1, 0.15) is 10.4 Å². The lowest BCUT2D eigenvalue weighted by molar-refractivity contribution is -0.385. The Bertz CT molecular complexity index is 865. The molecule has 0 atom stereocenters. The highest BCUT2D eigenvalue weighted by Crippen LogP contribution is 2.34. The van der Waals surface area contributed by atoms with Gasteiger partial charge in [0, 0.05) is 19.2 Å². The number of amides is 1. The number of benzene rings is 1. The maximum absolute atomic E-state index is 12.6. The van der Waals surface area contributed by atoms with Crippen LogP contribution in [0.4, 0.5) is 17.2 Å². The molecule has 10 nitrogen and oxygen atoms in total. The molecule has 0 saturated carbocycles. The number of morpholine rings is 1. The van der Waals surface area contributed by atoms with Crippen LogP contribution >= 0.6 is 0 Å². The van der Waals surface area contributed by atoms with Gasteiger partial charge in [-0.1, -0.05) is 0 Å². The molecule has 1 aromatic heterocycles. The number of methoxy groups -OCH3 is 2. The number of hydrogen-bond donors (Lipinski definition) is 1. The Kier molecular flexibility index (Phi) is 5.90. The van der Waals surface area contributed by atoms with Gasteiger partial charge < -0.3 is 24.4 Å². The lowest BCUT2D eigenvalue weighted by atomic mass is 10.1. The average Bonchev–Trinajstić information content (AvgIpc) is 2.73. The van der Waals surface area contributed by atoms with E-state index in [0.29, 0.717) is 18.9 Å². The molecule has 10 heteroatoms. The van der Waals surface area contributed by atoms with Crippen molar-refractivity contribution in [3.8, 4) is 11.5 Å². The third-order valence-electron chi connectivity index (χ3n) is 4.28. The summed E-state index contributed by atoms with van der Waals surface area (Å²) < 4.78 is 15.5. The molecule has 2 heterocycles. The topological polar surface area (TPSA) is 116 Å². The molecule has 1 aliphatic rings. The van der Waals surface area contributed by atoms with E-state index in [1.54, 1.807) is 12.1 Å². The Morgan fingerprint density at radius 3 is 2.46 bits per heavy atom. The fourth-order valence-electron chi connectivity index (χ4n) is 2.84. The number of ether oxygens (including phenoxy) is 3. The molecule has 3 rings (SSSR count). The highest BCUT2D eigenvalue weighted by atomic mass is 16.6. The molecule has 148 valence electrons. The molecule has 2 aromatic rings. The van der Waals surface area contributed by atoms with E-state index in [-0.39, 0.29) is 22.7 Å². The zero-order chi connectivity index (χ0) is 20.1. The molecule has 1 amide bonds. The van der Waals surface area contributed by atoms with Crippen LogP contribution in [-0.4, -0.2) is 56.3 Å². The second-order valence-electron chi connectivity index (χ2n) is 5.94. The van der Waals surface area contributed by atoms with Crippen LogP contribution in [-0.2, 0) is 4.74 Å². The number of pyridine rings is 1. The molecular formula is C18H20N4O6. The summed E-state index contributed by atoms with van der Waals surface area (Å²) in [4.78, 5) is 29.8. The lowest BCUT2D eigenvalue weighted by Gasteiger charge is -2.27. The predicted molar refractivity (Wildman–Crippen MR) is 101 cm³/mol. The zero-order valence-corrected chi connectivity index (χ0v) is 15.5. The van der Waals surface area contributed by atoms with Gasteiger partial charge in [-0.25, -0.2) is 4.98 Å². The Hall–Kier alpha value is -3.40. The van der Waals surface area contributed by atoms with E-state index in [0.717, 1.165) is 25.0 Å². The second kappa shape index (κ2) is 8.53. The van der Waals surface area contributed by atoms with E-state index >= 15 is 0 Å². The van der Waals surface area contributed by atoms with Crippen LogP contribution in [0.25, 0.3) is 0 Å². The fourth-order valence-corrected chi connectivity index (χ4v) is 2.84. The van der Waals surface area contributed by atoms with Crippen LogP contribution in [0.2, 0.25) is 0 Å². The van der Waals surface area contributed by atoms with E-state index in [4.69, 9.17) is 14.2 Å². The van der Waals surface area contributed by atoms with Crippen molar-refractivity contribution in [2.45, 2.75) is 0 Å². The highest BCUT2D eigenvalue weighted by Gasteiger charge is 2.25. The monoisotopic (exact) mass is 388 g/mol. The van der Waals surface area contributed by atoms with Crippen molar-refractivity contribution in [3.05, 3.63) is 46.1 Å². The van der Waals surface area contributed by atoms with Crippen molar-refractivity contribution in [1.29, 1.82) is 0 Å². The summed E-state index contributed by atoms with van der Waals surface area (Å²) in [6.07, 6.45) is 1.51. The summed E-state index contributed by atoms with van der Waals surface area (Å²) in [6.45, 7) is 2.78. The van der Waals surface area contributed by atoms with E-state index in [2.05, 4.69) is 15.2 Å². The van der Waals surface area contributed by atoms with Crippen LogP contribution < -0.4 is 19.7 Å². The summed E-state index contributed by atoms with van der Waals surface area (Å²) in [5, 5.41) is 14.0. The number of nitro groups is 1. The van der Waals surface area contributed by atoms with E-state index < -0.39 is 10.8 Å². The summed E-state index contributed by atoms with van der Waals surface area (Å²) in [5.41, 5.74) is -0.0981. The quantitative estimate of drug-likeness (QED) is 0.591. The van der Waals surface area contributed by atoms with Gasteiger partial charge in [-0.15, -0.1) is 0 Å². The molecular weight excluding hydrogens is 368 g/mol. The lowest BCUT2D eigenvalue weighted by Crippen LogP contribution is -2.36. The number of nitrogens with one attached hydrogen (secondary N) is 1. The molecule has 0 aliphatic carbocycles. The van der Waals surface area contributed by atoms with Crippen molar-refractivity contribution in [3.63, 3.8) is 0 Å². The first-order valence-corrected chi connectivity index (χ1v) is 8.54. The van der Waals surface area contributed by atoms with Crippen LogP contribution in [0.15, 0.2) is 30.5 Å². The molecule has 1 aromatic carbocycles. The van der Waals surface area contributed by atoms with Gasteiger partial charge >= 0.3 is 0 Å². The highest BCUT2D eigenvalue weighted by molar-refractivity contribution is 6.07. The van der Waals surface area contributed by atoms with Crippen molar-refractivity contribution in [2.24, 2.45) is 0 Å². The standard InChI is InChI=1S/C18H20N4O6/c1-26-15-9-13(14(22(24)25)10-16(15)27-2)18(23)20-12-3-4-17(19-11-12)21-5-7-28-8-6-21/h3-4,9-11H,5-8H2,1-2H3,(H,20,23). The minimum absolute atomic E-state index is 0.139. The minimum Gasteiger partial charge on any atom is -0.493 e. The summed E-state index contributed by atoms with van der Waals surface area (Å²) >= 11 is 0. The number of hydrogen-bond acceptors (Lipinski definition) is 8. The van der Waals surface area contributed by atoms with Crippen molar-refractivity contribution in [2.75, 3.05) is 50.7 Å². The second-order valence-corrected chi connectivity index (χ2v) is 5.94. The van der Waals surface area contributed by atoms with Gasteiger partial charge in [0.15, 0.2) is 11.5 Å². The van der Waals surface area contributed by atoms with Gasteiger partial charge in [0.2, 0.25) is 0 Å². The van der Waals surface area contributed by atoms with E-state index in [9.17, 15) is 14.9 Å². The van der Waals surface area contributed by atoms with E-state index in [1.807, 2.05) is 0 Å². The molecule has 1 N–H and O–H groups in total. The maximum Gasteiger partial charge on any atom is 0.286 e. The molecule has 0 unspecified atom stereocenters. The Balaban J connectivity index is 1.81. The van der Waals surface area contributed by atoms with Crippen molar-refractivity contribution >= 4 is 23.1 Å². The smallest absolute Gasteiger partial charge is 0.286 e. The average molecular weight is 388 g/mol. The van der Waals surface area contributed by atoms with Crippen molar-refractivity contribution in [1.82, 2.24) is 4.98 Å². The largest absolute Gasteiger partial charge is 0.493 e. The number of aromatic nitrogens is 1. The van der Waals surface area contributed by atoms with Gasteiger partial charge in [0.1, 0.15) is 11.4 Å². The Morgan fingerprint density at radius 1 is 1.21 bits per heavy atom. The van der Waals surface area contributed by atoms with Crippen molar-refractivity contribution < 1.29 is 23.9 Å². The van der Waals surface area contributed by atoms with Crippen LogP contribution in [0, 0.1) is 10.1 Å². The third kappa shape index (κ3) is 4.12. The van der Waals surface area contributed by atoms with Crippen LogP contribution in [0.5, 0.6) is 11.5 Å². The normalized spacial score (nSPS) is 13.7. The fraction of sp³-hybridized carbons (Fsp3) is 0.333. The van der Waals surface area contributed by atoms with Gasteiger partial charge in [0.25, 0.3) is 11.6 Å². The first-order valence-electron chi connectivity index (χ1n) is 8.54. The zero-order valence-electron chi connectivity index (χ0n) is 15.5. The van der Waals surface area contributed by atoms with Gasteiger partial charge in [0.05, 0.1) is 50.3 Å². The number of nitrogens with zero attached hydrogens (tertiary/aromatic N) is 3. The molecule has 0 radical (unpaired) electrons. The molecule has 1 saturated heterocycles. The summed E-state index contributed by atoms with van der Waals surface area (Å²) in [6, 6.07) is 5.92. The maximum atomic E-state index is 12.6. The number of carbonyl (C=O) groups excluding carboxylic acids is 1. The minimum atomic E-state index is -0.645. The van der Waals surface area contributed by atoms with Gasteiger partial charge in [-0.05, 0) is 12.1 Å². The molecule has 0 spiro atoms. The number of carbonyl (C=O) groups is 1. The molecule has 1 fully saturated rings. The van der Waals surface area contributed by atoms with Crippen LogP contribution in [0.3, 0.4) is 0 Å². The first kappa shape index (κ1) is 19.4. The molecule has 0 bridgehead atoms. The number of rotatable bonds is 6. The SMILES string of the molecule is COc1cc(C(=O)Nc2ccc(N3CCOCC3)nc2)c([N+](=O)[O-])cc1OC. The van der Waals surface area contributed by atoms with Gasteiger partial charge in [-0.2, -0.15) is 0 Å². The molecule has 28 heavy (non-hydrogen) atoms. The predicted octanol–water partition coefficient (Wildman–Crippen LogP) is 2.10. The Morgan fingerprint density at radius 2 is 1.89 bits per heavy atom. The molecule has 1 aliphatic heterocycles. The third-order valence-corrected chi connectivity index (χ3v) is 4.28. The first-order chi connectivity index (χ1) is 13.5. The van der Waals surface area contributed by atoms with Gasteiger partial charge in [-0.3, -0.25) is 14.9 Å². The summed E-state index contributed by atoms with van der Waals surface area (Å²) in [5.74, 6) is 0.522.